The fourth-order valence-electron chi connectivity index (χ4n) is 4.51. The molecule has 0 atom stereocenters. The molecule has 6 heteroatoms. The molecule has 4 aromatic heterocycles. The second-order valence-corrected chi connectivity index (χ2v) is 7.76. The summed E-state index contributed by atoms with van der Waals surface area (Å²) in [6, 6.07) is 4.12. The highest BCUT2D eigenvalue weighted by Gasteiger charge is 2.24. The van der Waals surface area contributed by atoms with Crippen LogP contribution in [-0.4, -0.2) is 24.3 Å². The number of nitrogens with one attached hydrogen (secondary N) is 1. The van der Waals surface area contributed by atoms with Crippen molar-refractivity contribution >= 4 is 21.9 Å². The summed E-state index contributed by atoms with van der Waals surface area (Å²) in [6.07, 6.45) is 14.2. The van der Waals surface area contributed by atoms with Crippen LogP contribution in [0, 0.1) is 12.8 Å². The molecular weight excluding hydrogens is 338 g/mol. The summed E-state index contributed by atoms with van der Waals surface area (Å²) in [4.78, 5) is 19.9. The highest BCUT2D eigenvalue weighted by Crippen LogP contribution is 2.35. The van der Waals surface area contributed by atoms with E-state index in [2.05, 4.69) is 37.4 Å². The van der Waals surface area contributed by atoms with Gasteiger partial charge in [-0.15, -0.1) is 0 Å². The van der Waals surface area contributed by atoms with Crippen molar-refractivity contribution in [3.05, 3.63) is 58.9 Å². The van der Waals surface area contributed by atoms with Gasteiger partial charge in [0, 0.05) is 48.8 Å². The van der Waals surface area contributed by atoms with Gasteiger partial charge in [0.15, 0.2) is 5.43 Å². The molecule has 27 heavy (non-hydrogen) atoms. The second-order valence-electron chi connectivity index (χ2n) is 7.76. The summed E-state index contributed by atoms with van der Waals surface area (Å²) < 4.78 is 4.38. The Morgan fingerprint density at radius 3 is 2.78 bits per heavy atom. The van der Waals surface area contributed by atoms with Crippen LogP contribution in [-0.2, 0) is 6.54 Å². The largest absolute Gasteiger partial charge is 0.346 e. The second kappa shape index (κ2) is 6.37. The van der Waals surface area contributed by atoms with Gasteiger partial charge in [-0.2, -0.15) is 5.10 Å². The maximum atomic E-state index is 12.4. The number of aromatic amines is 1. The Morgan fingerprint density at radius 2 is 2.00 bits per heavy atom. The Kier molecular flexibility index (Phi) is 3.85. The molecule has 0 saturated heterocycles. The number of nitrogens with zero attached hydrogens (tertiary/aromatic N) is 4. The number of aromatic nitrogens is 5. The van der Waals surface area contributed by atoms with Crippen LogP contribution in [0.3, 0.4) is 0 Å². The van der Waals surface area contributed by atoms with E-state index in [1.54, 1.807) is 12.3 Å². The minimum absolute atomic E-state index is 0.0413. The predicted molar refractivity (Wildman–Crippen MR) is 106 cm³/mol. The SMILES string of the molecule is Cc1cnn(C[C@H]2CC[C@H](n3ccc(=O)c4cnc5[nH]ccc5c43)CC2)c1. The van der Waals surface area contributed by atoms with Crippen molar-refractivity contribution in [1.82, 2.24) is 24.3 Å². The monoisotopic (exact) mass is 361 g/mol. The van der Waals surface area contributed by atoms with Gasteiger partial charge in [0.2, 0.25) is 0 Å². The van der Waals surface area contributed by atoms with E-state index < -0.39 is 0 Å². The number of rotatable bonds is 3. The first-order valence-corrected chi connectivity index (χ1v) is 9.65. The van der Waals surface area contributed by atoms with Gasteiger partial charge in [-0.05, 0) is 50.2 Å². The molecule has 1 aliphatic carbocycles. The quantitative estimate of drug-likeness (QED) is 0.603. The first kappa shape index (κ1) is 16.3. The third-order valence-electron chi connectivity index (χ3n) is 5.89. The highest BCUT2D eigenvalue weighted by molar-refractivity contribution is 6.02. The van der Waals surface area contributed by atoms with Crippen LogP contribution in [0.15, 0.2) is 47.9 Å². The summed E-state index contributed by atoms with van der Waals surface area (Å²) in [7, 11) is 0. The molecule has 0 spiro atoms. The van der Waals surface area contributed by atoms with E-state index in [4.69, 9.17) is 0 Å². The van der Waals surface area contributed by atoms with Gasteiger partial charge in [0.05, 0.1) is 17.1 Å². The molecule has 1 aliphatic rings. The molecule has 5 rings (SSSR count). The summed E-state index contributed by atoms with van der Waals surface area (Å²) in [5.41, 5.74) is 3.11. The molecule has 1 fully saturated rings. The summed E-state index contributed by atoms with van der Waals surface area (Å²) in [6.45, 7) is 3.08. The molecule has 4 aromatic rings. The van der Waals surface area contributed by atoms with Crippen molar-refractivity contribution in [1.29, 1.82) is 0 Å². The van der Waals surface area contributed by atoms with E-state index in [0.29, 0.717) is 17.3 Å². The Hall–Kier alpha value is -2.89. The van der Waals surface area contributed by atoms with E-state index in [-0.39, 0.29) is 5.43 Å². The van der Waals surface area contributed by atoms with Gasteiger partial charge < -0.3 is 9.55 Å². The molecule has 0 radical (unpaired) electrons. The normalized spacial score (nSPS) is 20.5. The summed E-state index contributed by atoms with van der Waals surface area (Å²) in [5.74, 6) is 0.667. The van der Waals surface area contributed by atoms with E-state index in [9.17, 15) is 4.79 Å². The van der Waals surface area contributed by atoms with E-state index in [1.807, 2.05) is 24.7 Å². The van der Waals surface area contributed by atoms with Crippen molar-refractivity contribution in [2.24, 2.45) is 5.92 Å². The van der Waals surface area contributed by atoms with Crippen LogP contribution in [0.25, 0.3) is 21.9 Å². The lowest BCUT2D eigenvalue weighted by Gasteiger charge is -2.31. The molecule has 0 aromatic carbocycles. The zero-order chi connectivity index (χ0) is 18.4. The number of pyridine rings is 2. The first-order chi connectivity index (χ1) is 13.2. The lowest BCUT2D eigenvalue weighted by atomic mass is 9.85. The minimum Gasteiger partial charge on any atom is -0.346 e. The molecule has 0 unspecified atom stereocenters. The van der Waals surface area contributed by atoms with Crippen molar-refractivity contribution in [3.8, 4) is 0 Å². The van der Waals surface area contributed by atoms with Crippen LogP contribution < -0.4 is 5.43 Å². The summed E-state index contributed by atoms with van der Waals surface area (Å²) in [5, 5.41) is 6.17. The van der Waals surface area contributed by atoms with Gasteiger partial charge >= 0.3 is 0 Å². The molecule has 138 valence electrons. The minimum atomic E-state index is 0.0413. The number of hydrogen-bond acceptors (Lipinski definition) is 3. The van der Waals surface area contributed by atoms with Crippen LogP contribution in [0.1, 0.15) is 37.3 Å². The molecular formula is C21H23N5O. The Balaban J connectivity index is 1.44. The van der Waals surface area contributed by atoms with Crippen LogP contribution >= 0.6 is 0 Å². The first-order valence-electron chi connectivity index (χ1n) is 9.65. The highest BCUT2D eigenvalue weighted by atomic mass is 16.1. The number of H-pyrrole nitrogens is 1. The number of hydrogen-bond donors (Lipinski definition) is 1. The molecule has 1 N–H and O–H groups in total. The lowest BCUT2D eigenvalue weighted by Crippen LogP contribution is -2.23. The molecule has 1 saturated carbocycles. The van der Waals surface area contributed by atoms with Gasteiger partial charge in [-0.3, -0.25) is 9.48 Å². The fourth-order valence-corrected chi connectivity index (χ4v) is 4.51. The maximum Gasteiger partial charge on any atom is 0.190 e. The maximum absolute atomic E-state index is 12.4. The molecule has 4 heterocycles. The molecule has 0 bridgehead atoms. The summed E-state index contributed by atoms with van der Waals surface area (Å²) >= 11 is 0. The number of aryl methyl sites for hydroxylation is 1. The van der Waals surface area contributed by atoms with Crippen molar-refractivity contribution in [2.45, 2.75) is 45.2 Å². The van der Waals surface area contributed by atoms with Crippen LogP contribution in [0.5, 0.6) is 0 Å². The average Bonchev–Trinajstić information content (AvgIpc) is 3.31. The Morgan fingerprint density at radius 1 is 1.15 bits per heavy atom. The van der Waals surface area contributed by atoms with E-state index in [1.165, 1.54) is 18.4 Å². The van der Waals surface area contributed by atoms with Crippen LogP contribution in [0.2, 0.25) is 0 Å². The molecule has 0 amide bonds. The lowest BCUT2D eigenvalue weighted by molar-refractivity contribution is 0.250. The third kappa shape index (κ3) is 2.85. The molecule has 6 nitrogen and oxygen atoms in total. The van der Waals surface area contributed by atoms with Crippen molar-refractivity contribution in [3.63, 3.8) is 0 Å². The Labute approximate surface area is 156 Å². The van der Waals surface area contributed by atoms with E-state index in [0.717, 1.165) is 35.9 Å². The number of fused-ring (bicyclic) bond motifs is 3. The zero-order valence-electron chi connectivity index (χ0n) is 15.4. The predicted octanol–water partition coefficient (Wildman–Crippen LogP) is 3.81. The van der Waals surface area contributed by atoms with Crippen molar-refractivity contribution in [2.75, 3.05) is 0 Å². The van der Waals surface area contributed by atoms with Gasteiger partial charge in [0.1, 0.15) is 5.65 Å². The Bertz CT molecular complexity index is 1160. The van der Waals surface area contributed by atoms with Gasteiger partial charge in [-0.25, -0.2) is 4.98 Å². The molecule has 0 aliphatic heterocycles. The van der Waals surface area contributed by atoms with Gasteiger partial charge in [-0.1, -0.05) is 0 Å². The third-order valence-corrected chi connectivity index (χ3v) is 5.89. The average molecular weight is 361 g/mol. The van der Waals surface area contributed by atoms with E-state index >= 15 is 0 Å². The standard InChI is InChI=1S/C21H23N5O/c1-14-10-24-25(12-14)13-15-2-4-16(5-3-15)26-9-7-19(27)18-11-23-21-17(20(18)26)6-8-22-21/h6-12,15-16H,2-5,13H2,1H3,(H,22,23)/t15-,16-. The van der Waals surface area contributed by atoms with Crippen molar-refractivity contribution < 1.29 is 0 Å². The smallest absolute Gasteiger partial charge is 0.190 e. The zero-order valence-corrected chi connectivity index (χ0v) is 15.4. The van der Waals surface area contributed by atoms with Crippen LogP contribution in [0.4, 0.5) is 0 Å². The van der Waals surface area contributed by atoms with Gasteiger partial charge in [0.25, 0.3) is 0 Å². The topological polar surface area (TPSA) is 68.5 Å². The fraction of sp³-hybridized carbons (Fsp3) is 0.381.